The Morgan fingerprint density at radius 1 is 1.35 bits per heavy atom. The molecular formula is C13H13BrClNS. The van der Waals surface area contributed by atoms with Gasteiger partial charge in [0.05, 0.1) is 6.54 Å². The van der Waals surface area contributed by atoms with E-state index in [-0.39, 0.29) is 0 Å². The van der Waals surface area contributed by atoms with Crippen LogP contribution in [0.15, 0.2) is 40.2 Å². The Morgan fingerprint density at radius 3 is 2.82 bits per heavy atom. The molecule has 90 valence electrons. The zero-order valence-corrected chi connectivity index (χ0v) is 12.6. The lowest BCUT2D eigenvalue weighted by molar-refractivity contribution is 0.932. The molecule has 2 rings (SSSR count). The minimum Gasteiger partial charge on any atom is -0.369 e. The molecule has 0 aliphatic heterocycles. The number of hydrogen-bond acceptors (Lipinski definition) is 2. The molecule has 0 atom stereocenters. The number of thiophene rings is 1. The lowest BCUT2D eigenvalue weighted by Gasteiger charge is -2.21. The third-order valence-electron chi connectivity index (χ3n) is 2.57. The highest BCUT2D eigenvalue weighted by atomic mass is 79.9. The lowest BCUT2D eigenvalue weighted by atomic mass is 10.2. The van der Waals surface area contributed by atoms with E-state index in [2.05, 4.69) is 63.6 Å². The van der Waals surface area contributed by atoms with Crippen molar-refractivity contribution in [1.82, 2.24) is 0 Å². The number of alkyl halides is 1. The molecule has 1 heterocycles. The molecule has 0 unspecified atom stereocenters. The molecule has 1 aromatic heterocycles. The van der Waals surface area contributed by atoms with E-state index >= 15 is 0 Å². The molecular weight excluding hydrogens is 318 g/mol. The summed E-state index contributed by atoms with van der Waals surface area (Å²) in [5.41, 5.74) is 2.34. The fourth-order valence-corrected chi connectivity index (χ4v) is 3.13. The van der Waals surface area contributed by atoms with E-state index in [1.807, 2.05) is 0 Å². The van der Waals surface area contributed by atoms with Gasteiger partial charge in [0.2, 0.25) is 0 Å². The second-order valence-electron chi connectivity index (χ2n) is 3.84. The molecule has 0 aliphatic rings. The van der Waals surface area contributed by atoms with Crippen LogP contribution in [0.2, 0.25) is 0 Å². The molecule has 0 amide bonds. The van der Waals surface area contributed by atoms with Gasteiger partial charge in [-0.2, -0.15) is 0 Å². The maximum absolute atomic E-state index is 5.99. The first-order valence-electron chi connectivity index (χ1n) is 5.28. The minimum absolute atomic E-state index is 0.531. The predicted molar refractivity (Wildman–Crippen MR) is 80.1 cm³/mol. The van der Waals surface area contributed by atoms with Crippen LogP contribution < -0.4 is 4.90 Å². The first-order valence-corrected chi connectivity index (χ1v) is 7.49. The summed E-state index contributed by atoms with van der Waals surface area (Å²) < 4.78 is 1.07. The zero-order chi connectivity index (χ0) is 12.3. The molecule has 0 saturated heterocycles. The lowest BCUT2D eigenvalue weighted by Crippen LogP contribution is -2.17. The molecule has 1 nitrogen and oxygen atoms in total. The molecule has 2 aromatic rings. The number of nitrogens with zero attached hydrogens (tertiary/aromatic N) is 1. The van der Waals surface area contributed by atoms with Crippen LogP contribution in [0.4, 0.5) is 5.69 Å². The first kappa shape index (κ1) is 12.9. The third-order valence-corrected chi connectivity index (χ3v) is 4.21. The van der Waals surface area contributed by atoms with Gasteiger partial charge in [-0.3, -0.25) is 0 Å². The number of anilines is 1. The molecule has 4 heteroatoms. The summed E-state index contributed by atoms with van der Waals surface area (Å²) in [5, 5.41) is 2.10. The van der Waals surface area contributed by atoms with Crippen LogP contribution in [0.25, 0.3) is 0 Å². The van der Waals surface area contributed by atoms with Crippen LogP contribution in [-0.4, -0.2) is 7.05 Å². The molecule has 0 bridgehead atoms. The molecule has 0 spiro atoms. The van der Waals surface area contributed by atoms with Crippen LogP contribution in [0.3, 0.4) is 0 Å². The Bertz CT molecular complexity index is 484. The number of rotatable bonds is 4. The van der Waals surface area contributed by atoms with Crippen molar-refractivity contribution in [2.45, 2.75) is 12.4 Å². The van der Waals surface area contributed by atoms with Gasteiger partial charge in [-0.05, 0) is 35.2 Å². The van der Waals surface area contributed by atoms with Gasteiger partial charge in [-0.15, -0.1) is 22.9 Å². The topological polar surface area (TPSA) is 3.24 Å². The maximum Gasteiger partial charge on any atom is 0.0519 e. The van der Waals surface area contributed by atoms with Crippen molar-refractivity contribution in [3.63, 3.8) is 0 Å². The average Bonchev–Trinajstić information content (AvgIpc) is 2.81. The van der Waals surface area contributed by atoms with Gasteiger partial charge in [-0.1, -0.05) is 22.0 Å². The molecule has 17 heavy (non-hydrogen) atoms. The minimum atomic E-state index is 0.531. The quantitative estimate of drug-likeness (QED) is 0.722. The zero-order valence-electron chi connectivity index (χ0n) is 9.49. The van der Waals surface area contributed by atoms with Crippen molar-refractivity contribution < 1.29 is 0 Å². The van der Waals surface area contributed by atoms with Gasteiger partial charge in [0.15, 0.2) is 0 Å². The standard InChI is InChI=1S/C13H13BrClNS/c1-16(9-12-3-2-6-17-12)13-5-4-11(14)7-10(13)8-15/h2-7H,8-9H2,1H3. The van der Waals surface area contributed by atoms with Crippen LogP contribution in [0, 0.1) is 0 Å². The highest BCUT2D eigenvalue weighted by molar-refractivity contribution is 9.10. The Morgan fingerprint density at radius 2 is 2.18 bits per heavy atom. The van der Waals surface area contributed by atoms with Gasteiger partial charge in [0.1, 0.15) is 0 Å². The molecule has 1 aromatic carbocycles. The van der Waals surface area contributed by atoms with Crippen LogP contribution in [-0.2, 0) is 12.4 Å². The van der Waals surface area contributed by atoms with E-state index in [4.69, 9.17) is 11.6 Å². The Kier molecular flexibility index (Phi) is 4.48. The van der Waals surface area contributed by atoms with Gasteiger partial charge >= 0.3 is 0 Å². The second-order valence-corrected chi connectivity index (χ2v) is 6.06. The summed E-state index contributed by atoms with van der Waals surface area (Å²) >= 11 is 11.2. The van der Waals surface area contributed by atoms with Crippen molar-refractivity contribution in [3.05, 3.63) is 50.6 Å². The van der Waals surface area contributed by atoms with Crippen molar-refractivity contribution >= 4 is 44.6 Å². The first-order chi connectivity index (χ1) is 8.20. The van der Waals surface area contributed by atoms with Gasteiger partial charge in [0.25, 0.3) is 0 Å². The van der Waals surface area contributed by atoms with Gasteiger partial charge < -0.3 is 4.90 Å². The van der Waals surface area contributed by atoms with Crippen molar-refractivity contribution in [1.29, 1.82) is 0 Å². The SMILES string of the molecule is CN(Cc1cccs1)c1ccc(Br)cc1CCl. The smallest absolute Gasteiger partial charge is 0.0519 e. The van der Waals surface area contributed by atoms with E-state index in [0.717, 1.165) is 16.6 Å². The van der Waals surface area contributed by atoms with Crippen LogP contribution in [0.5, 0.6) is 0 Å². The van der Waals surface area contributed by atoms with E-state index in [1.165, 1.54) is 10.6 Å². The van der Waals surface area contributed by atoms with Crippen LogP contribution >= 0.6 is 38.9 Å². The van der Waals surface area contributed by atoms with E-state index < -0.39 is 0 Å². The fourth-order valence-electron chi connectivity index (χ4n) is 1.75. The van der Waals surface area contributed by atoms with E-state index in [0.29, 0.717) is 5.88 Å². The Labute approximate surface area is 119 Å². The largest absolute Gasteiger partial charge is 0.369 e. The maximum atomic E-state index is 5.99. The molecule has 0 radical (unpaired) electrons. The van der Waals surface area contributed by atoms with Gasteiger partial charge in [0, 0.05) is 28.0 Å². The molecule has 0 N–H and O–H groups in total. The normalized spacial score (nSPS) is 10.5. The number of halogens is 2. The summed E-state index contributed by atoms with van der Waals surface area (Å²) in [5.74, 6) is 0.531. The summed E-state index contributed by atoms with van der Waals surface area (Å²) in [6.45, 7) is 0.920. The van der Waals surface area contributed by atoms with Crippen molar-refractivity contribution in [2.24, 2.45) is 0 Å². The second kappa shape index (κ2) is 5.89. The van der Waals surface area contributed by atoms with Crippen LogP contribution in [0.1, 0.15) is 10.4 Å². The highest BCUT2D eigenvalue weighted by Gasteiger charge is 2.08. The predicted octanol–water partition coefficient (Wildman–Crippen LogP) is 4.89. The van der Waals surface area contributed by atoms with Gasteiger partial charge in [-0.25, -0.2) is 0 Å². The molecule has 0 saturated carbocycles. The summed E-state index contributed by atoms with van der Waals surface area (Å²) in [4.78, 5) is 3.59. The Balaban J connectivity index is 2.21. The molecule has 0 fully saturated rings. The van der Waals surface area contributed by atoms with Crippen molar-refractivity contribution in [3.8, 4) is 0 Å². The average molecular weight is 331 g/mol. The number of benzene rings is 1. The summed E-state index contributed by atoms with van der Waals surface area (Å²) in [7, 11) is 2.10. The monoisotopic (exact) mass is 329 g/mol. The molecule has 0 aliphatic carbocycles. The highest BCUT2D eigenvalue weighted by Crippen LogP contribution is 2.27. The Hall–Kier alpha value is -0.510. The number of hydrogen-bond donors (Lipinski definition) is 0. The summed E-state index contributed by atoms with van der Waals surface area (Å²) in [6.07, 6.45) is 0. The van der Waals surface area contributed by atoms with E-state index in [9.17, 15) is 0 Å². The fraction of sp³-hybridized carbons (Fsp3) is 0.231. The van der Waals surface area contributed by atoms with E-state index in [1.54, 1.807) is 11.3 Å². The third kappa shape index (κ3) is 3.24. The van der Waals surface area contributed by atoms with Crippen molar-refractivity contribution in [2.75, 3.05) is 11.9 Å². The summed E-state index contributed by atoms with van der Waals surface area (Å²) in [6, 6.07) is 10.5.